The first-order chi connectivity index (χ1) is 13.6. The summed E-state index contributed by atoms with van der Waals surface area (Å²) in [5.41, 5.74) is 5.04. The number of aromatic nitrogens is 4. The number of benzene rings is 1. The maximum Gasteiger partial charge on any atom is 0.252 e. The zero-order valence-corrected chi connectivity index (χ0v) is 16.5. The normalized spacial score (nSPS) is 14.6. The molecule has 1 aliphatic heterocycles. The maximum atomic E-state index is 12.5. The van der Waals surface area contributed by atoms with Crippen molar-refractivity contribution in [2.75, 3.05) is 18.4 Å². The number of fused-ring (bicyclic) bond motifs is 1. The maximum absolute atomic E-state index is 12.5. The summed E-state index contributed by atoms with van der Waals surface area (Å²) in [5.74, 6) is 0.605. The Hall–Kier alpha value is -2.80. The minimum atomic E-state index is 0.0100. The smallest absolute Gasteiger partial charge is 0.252 e. The Balaban J connectivity index is 1.38. The van der Waals surface area contributed by atoms with Gasteiger partial charge >= 0.3 is 0 Å². The van der Waals surface area contributed by atoms with Crippen molar-refractivity contribution >= 4 is 17.4 Å². The highest BCUT2D eigenvalue weighted by atomic mass is 16.1. The van der Waals surface area contributed by atoms with Crippen LogP contribution in [-0.4, -0.2) is 43.5 Å². The van der Waals surface area contributed by atoms with Crippen LogP contribution in [0.2, 0.25) is 0 Å². The third-order valence-corrected chi connectivity index (χ3v) is 5.41. The monoisotopic (exact) mass is 378 g/mol. The van der Waals surface area contributed by atoms with Gasteiger partial charge in [0.1, 0.15) is 6.33 Å². The lowest BCUT2D eigenvalue weighted by Crippen LogP contribution is -2.18. The molecule has 0 aliphatic carbocycles. The second kappa shape index (κ2) is 8.06. The molecule has 2 aromatic heterocycles. The van der Waals surface area contributed by atoms with E-state index in [4.69, 9.17) is 0 Å². The van der Waals surface area contributed by atoms with Crippen LogP contribution in [0.25, 0.3) is 5.78 Å². The average Bonchev–Trinajstić information content (AvgIpc) is 3.33. The zero-order chi connectivity index (χ0) is 19.5. The number of hydrogen-bond donors (Lipinski definition) is 1. The molecule has 1 amide bonds. The van der Waals surface area contributed by atoms with Gasteiger partial charge in [0.15, 0.2) is 0 Å². The number of nitrogens with zero attached hydrogens (tertiary/aromatic N) is 5. The molecule has 0 spiro atoms. The fraction of sp³-hybridized carbons (Fsp3) is 0.429. The molecule has 0 saturated carbocycles. The fourth-order valence-corrected chi connectivity index (χ4v) is 3.93. The third kappa shape index (κ3) is 4.04. The summed E-state index contributed by atoms with van der Waals surface area (Å²) in [6.07, 6.45) is 5.09. The van der Waals surface area contributed by atoms with Crippen molar-refractivity contribution in [1.82, 2.24) is 24.5 Å². The molecule has 1 saturated heterocycles. The van der Waals surface area contributed by atoms with Gasteiger partial charge in [-0.15, -0.1) is 0 Å². The van der Waals surface area contributed by atoms with Crippen LogP contribution >= 0.6 is 0 Å². The summed E-state index contributed by atoms with van der Waals surface area (Å²) in [4.78, 5) is 23.6. The van der Waals surface area contributed by atoms with E-state index >= 15 is 0 Å². The SMILES string of the molecule is Cc1nc2ncnn2c(C)c1CCC(=O)Nc1cccc(CN2CCCC2)c1. The predicted octanol–water partition coefficient (Wildman–Crippen LogP) is 2.91. The number of carbonyl (C=O) groups is 1. The van der Waals surface area contributed by atoms with Crippen molar-refractivity contribution in [3.63, 3.8) is 0 Å². The Morgan fingerprint density at radius 2 is 2.04 bits per heavy atom. The summed E-state index contributed by atoms with van der Waals surface area (Å²) in [6.45, 7) is 7.23. The number of likely N-dealkylation sites (tertiary alicyclic amines) is 1. The first-order valence-corrected chi connectivity index (χ1v) is 9.87. The van der Waals surface area contributed by atoms with Crippen molar-refractivity contribution in [2.45, 2.75) is 46.1 Å². The molecule has 1 aliphatic rings. The van der Waals surface area contributed by atoms with Gasteiger partial charge in [-0.1, -0.05) is 12.1 Å². The van der Waals surface area contributed by atoms with Gasteiger partial charge in [0, 0.05) is 30.0 Å². The molecule has 3 heterocycles. The fourth-order valence-electron chi connectivity index (χ4n) is 3.93. The Morgan fingerprint density at radius 3 is 2.86 bits per heavy atom. The number of anilines is 1. The number of nitrogens with one attached hydrogen (secondary N) is 1. The average molecular weight is 378 g/mol. The number of carbonyl (C=O) groups excluding carboxylic acids is 1. The van der Waals surface area contributed by atoms with Crippen molar-refractivity contribution < 1.29 is 4.79 Å². The van der Waals surface area contributed by atoms with Crippen molar-refractivity contribution in [3.8, 4) is 0 Å². The van der Waals surface area contributed by atoms with Gasteiger partial charge in [-0.25, -0.2) is 9.50 Å². The summed E-state index contributed by atoms with van der Waals surface area (Å²) < 4.78 is 1.72. The van der Waals surface area contributed by atoms with E-state index in [-0.39, 0.29) is 5.91 Å². The molecule has 0 atom stereocenters. The van der Waals surface area contributed by atoms with Crippen LogP contribution in [0.1, 0.15) is 41.8 Å². The van der Waals surface area contributed by atoms with E-state index in [0.29, 0.717) is 18.6 Å². The lowest BCUT2D eigenvalue weighted by atomic mass is 10.1. The summed E-state index contributed by atoms with van der Waals surface area (Å²) in [5, 5.41) is 7.24. The molecule has 146 valence electrons. The van der Waals surface area contributed by atoms with Crippen molar-refractivity contribution in [3.05, 3.63) is 53.1 Å². The van der Waals surface area contributed by atoms with Crippen molar-refractivity contribution in [2.24, 2.45) is 0 Å². The van der Waals surface area contributed by atoms with E-state index in [1.165, 1.54) is 37.8 Å². The van der Waals surface area contributed by atoms with Crippen LogP contribution in [0.4, 0.5) is 5.69 Å². The van der Waals surface area contributed by atoms with Crippen LogP contribution in [-0.2, 0) is 17.8 Å². The molecule has 4 rings (SSSR count). The van der Waals surface area contributed by atoms with Crippen LogP contribution in [0.5, 0.6) is 0 Å². The first kappa shape index (κ1) is 18.6. The van der Waals surface area contributed by atoms with E-state index in [1.54, 1.807) is 4.52 Å². The van der Waals surface area contributed by atoms with E-state index in [9.17, 15) is 4.79 Å². The Morgan fingerprint density at radius 1 is 1.21 bits per heavy atom. The minimum absolute atomic E-state index is 0.0100. The molecule has 7 nitrogen and oxygen atoms in total. The van der Waals surface area contributed by atoms with Crippen LogP contribution in [0, 0.1) is 13.8 Å². The standard InChI is InChI=1S/C21H26N6O/c1-15-19(16(2)27-21(24-15)22-14-23-27)8-9-20(28)25-18-7-5-6-17(12-18)13-26-10-3-4-11-26/h5-7,12,14H,3-4,8-11,13H2,1-2H3,(H,25,28). The van der Waals surface area contributed by atoms with Gasteiger partial charge in [-0.3, -0.25) is 9.69 Å². The highest BCUT2D eigenvalue weighted by molar-refractivity contribution is 5.90. The summed E-state index contributed by atoms with van der Waals surface area (Å²) in [6, 6.07) is 8.16. The summed E-state index contributed by atoms with van der Waals surface area (Å²) in [7, 11) is 0. The highest BCUT2D eigenvalue weighted by Crippen LogP contribution is 2.18. The lowest BCUT2D eigenvalue weighted by molar-refractivity contribution is -0.116. The second-order valence-corrected chi connectivity index (χ2v) is 7.46. The first-order valence-electron chi connectivity index (χ1n) is 9.87. The molecule has 1 aromatic carbocycles. The lowest BCUT2D eigenvalue weighted by Gasteiger charge is -2.15. The largest absolute Gasteiger partial charge is 0.326 e. The highest BCUT2D eigenvalue weighted by Gasteiger charge is 2.14. The summed E-state index contributed by atoms with van der Waals surface area (Å²) >= 11 is 0. The molecule has 3 aromatic rings. The molecular weight excluding hydrogens is 352 g/mol. The number of aryl methyl sites for hydroxylation is 2. The molecule has 7 heteroatoms. The second-order valence-electron chi connectivity index (χ2n) is 7.46. The van der Waals surface area contributed by atoms with Crippen LogP contribution in [0.15, 0.2) is 30.6 Å². The molecule has 28 heavy (non-hydrogen) atoms. The van der Waals surface area contributed by atoms with Crippen molar-refractivity contribution in [1.29, 1.82) is 0 Å². The topological polar surface area (TPSA) is 75.4 Å². The van der Waals surface area contributed by atoms with E-state index in [2.05, 4.69) is 37.4 Å². The predicted molar refractivity (Wildman–Crippen MR) is 108 cm³/mol. The van der Waals surface area contributed by atoms with Crippen LogP contribution in [0.3, 0.4) is 0 Å². The number of hydrogen-bond acceptors (Lipinski definition) is 5. The third-order valence-electron chi connectivity index (χ3n) is 5.41. The zero-order valence-electron chi connectivity index (χ0n) is 16.5. The van der Waals surface area contributed by atoms with Gasteiger partial charge in [0.05, 0.1) is 0 Å². The Bertz CT molecular complexity index is 990. The van der Waals surface area contributed by atoms with Crippen LogP contribution < -0.4 is 5.32 Å². The number of rotatable bonds is 6. The van der Waals surface area contributed by atoms with Gasteiger partial charge in [0.25, 0.3) is 5.78 Å². The Kier molecular flexibility index (Phi) is 5.34. The van der Waals surface area contributed by atoms with Gasteiger partial charge < -0.3 is 5.32 Å². The molecule has 0 radical (unpaired) electrons. The Labute approximate surface area is 164 Å². The quantitative estimate of drug-likeness (QED) is 0.714. The van der Waals surface area contributed by atoms with Gasteiger partial charge in [-0.2, -0.15) is 10.1 Å². The van der Waals surface area contributed by atoms with E-state index in [0.717, 1.165) is 29.2 Å². The molecule has 1 N–H and O–H groups in total. The number of amides is 1. The van der Waals surface area contributed by atoms with E-state index in [1.807, 2.05) is 26.0 Å². The van der Waals surface area contributed by atoms with E-state index < -0.39 is 0 Å². The molecule has 0 unspecified atom stereocenters. The van der Waals surface area contributed by atoms with Gasteiger partial charge in [0.2, 0.25) is 5.91 Å². The minimum Gasteiger partial charge on any atom is -0.326 e. The molecular formula is C21H26N6O. The van der Waals surface area contributed by atoms with Gasteiger partial charge in [-0.05, 0) is 69.5 Å². The molecule has 1 fully saturated rings. The molecule has 0 bridgehead atoms.